The largest absolute Gasteiger partial charge is 0.311 e. The number of fused-ring (bicyclic) bond motifs is 2. The van der Waals surface area contributed by atoms with Gasteiger partial charge in [0.2, 0.25) is 11.8 Å². The summed E-state index contributed by atoms with van der Waals surface area (Å²) in [5.74, 6) is -0.251. The Balaban J connectivity index is 1.56. The van der Waals surface area contributed by atoms with Crippen LogP contribution in [-0.2, 0) is 9.59 Å². The molecule has 0 spiro atoms. The molecular weight excluding hydrogens is 346 g/mol. The van der Waals surface area contributed by atoms with Crippen molar-refractivity contribution in [3.8, 4) is 0 Å². The van der Waals surface area contributed by atoms with E-state index in [-0.39, 0.29) is 24.3 Å². The van der Waals surface area contributed by atoms with Gasteiger partial charge in [0, 0.05) is 13.1 Å². The van der Waals surface area contributed by atoms with Gasteiger partial charge in [-0.1, -0.05) is 47.7 Å². The Morgan fingerprint density at radius 3 is 2.73 bits per heavy atom. The Morgan fingerprint density at radius 2 is 1.92 bits per heavy atom. The lowest BCUT2D eigenvalue weighted by Gasteiger charge is -2.32. The number of carbonyl (C=O) groups is 2. The third-order valence-corrected chi connectivity index (χ3v) is 5.34. The molecule has 1 atom stereocenters. The van der Waals surface area contributed by atoms with E-state index in [1.54, 1.807) is 11.1 Å². The molecule has 0 saturated carbocycles. The van der Waals surface area contributed by atoms with E-state index in [0.717, 1.165) is 21.3 Å². The Morgan fingerprint density at radius 1 is 1.15 bits per heavy atom. The molecule has 2 heterocycles. The lowest BCUT2D eigenvalue weighted by molar-refractivity contribution is -0.129. The van der Waals surface area contributed by atoms with Gasteiger partial charge >= 0.3 is 0 Å². The first kappa shape index (κ1) is 16.5. The standard InChI is InChI=1S/C20H17N3O2S/c1-13(24)23-11-10-14-6-2-3-7-15(14)17(23)12-19(25)22-20-21-16-8-4-5-9-18(16)26-20/h2-11,17H,12H2,1H3,(H,21,22,25)/t17-/m1/s1. The van der Waals surface area contributed by atoms with Gasteiger partial charge in [-0.05, 0) is 29.3 Å². The van der Waals surface area contributed by atoms with Gasteiger partial charge in [0.05, 0.1) is 22.7 Å². The van der Waals surface area contributed by atoms with Gasteiger partial charge in [-0.3, -0.25) is 9.59 Å². The normalized spacial score (nSPS) is 15.7. The van der Waals surface area contributed by atoms with E-state index in [2.05, 4.69) is 10.3 Å². The van der Waals surface area contributed by atoms with E-state index < -0.39 is 0 Å². The number of hydrogen-bond acceptors (Lipinski definition) is 4. The third-order valence-electron chi connectivity index (χ3n) is 4.39. The number of para-hydroxylation sites is 1. The topological polar surface area (TPSA) is 62.3 Å². The second-order valence-electron chi connectivity index (χ2n) is 6.13. The van der Waals surface area contributed by atoms with E-state index in [9.17, 15) is 9.59 Å². The molecule has 2 amide bonds. The molecule has 0 bridgehead atoms. The van der Waals surface area contributed by atoms with Crippen LogP contribution in [0.15, 0.2) is 54.7 Å². The second kappa shape index (κ2) is 6.72. The van der Waals surface area contributed by atoms with Crippen LogP contribution in [0.25, 0.3) is 16.3 Å². The van der Waals surface area contributed by atoms with Crippen molar-refractivity contribution in [2.75, 3.05) is 5.32 Å². The molecule has 1 N–H and O–H groups in total. The van der Waals surface area contributed by atoms with Gasteiger partial charge in [-0.15, -0.1) is 0 Å². The van der Waals surface area contributed by atoms with Crippen molar-refractivity contribution < 1.29 is 9.59 Å². The van der Waals surface area contributed by atoms with E-state index >= 15 is 0 Å². The SMILES string of the molecule is CC(=O)N1C=Cc2ccccc2[C@H]1CC(=O)Nc1nc2ccccc2s1. The first-order valence-corrected chi connectivity index (χ1v) is 9.15. The maximum absolute atomic E-state index is 12.6. The molecule has 0 fully saturated rings. The molecule has 6 heteroatoms. The van der Waals surface area contributed by atoms with Gasteiger partial charge in [0.1, 0.15) is 0 Å². The number of rotatable bonds is 3. The van der Waals surface area contributed by atoms with Crippen molar-refractivity contribution in [3.63, 3.8) is 0 Å². The van der Waals surface area contributed by atoms with Crippen LogP contribution in [-0.4, -0.2) is 21.7 Å². The van der Waals surface area contributed by atoms with Crippen molar-refractivity contribution >= 4 is 44.6 Å². The van der Waals surface area contributed by atoms with E-state index in [1.165, 1.54) is 18.3 Å². The highest BCUT2D eigenvalue weighted by molar-refractivity contribution is 7.22. The smallest absolute Gasteiger partial charge is 0.228 e. The summed E-state index contributed by atoms with van der Waals surface area (Å²) in [5.41, 5.74) is 2.87. The number of amides is 2. The summed E-state index contributed by atoms with van der Waals surface area (Å²) in [4.78, 5) is 30.7. The first-order valence-electron chi connectivity index (χ1n) is 8.33. The molecule has 26 heavy (non-hydrogen) atoms. The maximum Gasteiger partial charge on any atom is 0.228 e. The number of carbonyl (C=O) groups excluding carboxylic acids is 2. The lowest BCUT2D eigenvalue weighted by Crippen LogP contribution is -2.33. The summed E-state index contributed by atoms with van der Waals surface area (Å²) in [5, 5.41) is 3.45. The van der Waals surface area contributed by atoms with Gasteiger partial charge in [0.25, 0.3) is 0 Å². The number of nitrogens with one attached hydrogen (secondary N) is 1. The minimum atomic E-state index is -0.317. The summed E-state index contributed by atoms with van der Waals surface area (Å²) in [7, 11) is 0. The highest BCUT2D eigenvalue weighted by Gasteiger charge is 2.28. The van der Waals surface area contributed by atoms with Crippen LogP contribution in [0.5, 0.6) is 0 Å². The maximum atomic E-state index is 12.6. The third kappa shape index (κ3) is 3.11. The molecule has 1 aromatic heterocycles. The van der Waals surface area contributed by atoms with Crippen LogP contribution in [0, 0.1) is 0 Å². The van der Waals surface area contributed by atoms with Crippen LogP contribution in [0.4, 0.5) is 5.13 Å². The molecule has 0 radical (unpaired) electrons. The van der Waals surface area contributed by atoms with Crippen molar-refractivity contribution in [2.24, 2.45) is 0 Å². The molecule has 4 rings (SSSR count). The molecule has 3 aromatic rings. The minimum Gasteiger partial charge on any atom is -0.311 e. The zero-order valence-corrected chi connectivity index (χ0v) is 15.0. The number of nitrogens with zero attached hydrogens (tertiary/aromatic N) is 2. The van der Waals surface area contributed by atoms with Gasteiger partial charge in [-0.2, -0.15) is 0 Å². The Hall–Kier alpha value is -2.99. The number of aromatic nitrogens is 1. The Kier molecular flexibility index (Phi) is 4.26. The van der Waals surface area contributed by atoms with Crippen molar-refractivity contribution in [3.05, 3.63) is 65.9 Å². The second-order valence-corrected chi connectivity index (χ2v) is 7.16. The fourth-order valence-electron chi connectivity index (χ4n) is 3.18. The highest BCUT2D eigenvalue weighted by atomic mass is 32.1. The molecule has 1 aliphatic rings. The van der Waals surface area contributed by atoms with Crippen LogP contribution >= 0.6 is 11.3 Å². The number of benzene rings is 2. The van der Waals surface area contributed by atoms with Crippen LogP contribution in [0.2, 0.25) is 0 Å². The van der Waals surface area contributed by atoms with Crippen LogP contribution in [0.3, 0.4) is 0 Å². The molecule has 5 nitrogen and oxygen atoms in total. The summed E-state index contributed by atoms with van der Waals surface area (Å²) in [6.07, 6.45) is 3.83. The highest BCUT2D eigenvalue weighted by Crippen LogP contribution is 2.33. The van der Waals surface area contributed by atoms with Crippen LogP contribution < -0.4 is 5.32 Å². The molecule has 130 valence electrons. The zero-order chi connectivity index (χ0) is 18.1. The number of hydrogen-bond donors (Lipinski definition) is 1. The average Bonchev–Trinajstić information content (AvgIpc) is 3.03. The zero-order valence-electron chi connectivity index (χ0n) is 14.2. The summed E-state index contributed by atoms with van der Waals surface area (Å²) in [6.45, 7) is 1.51. The van der Waals surface area contributed by atoms with Crippen molar-refractivity contribution in [1.82, 2.24) is 9.88 Å². The lowest BCUT2D eigenvalue weighted by atomic mass is 9.93. The van der Waals surface area contributed by atoms with Gasteiger partial charge < -0.3 is 10.2 Å². The van der Waals surface area contributed by atoms with Gasteiger partial charge in [0.15, 0.2) is 5.13 Å². The van der Waals surface area contributed by atoms with E-state index in [1.807, 2.05) is 54.6 Å². The number of thiazole rings is 1. The fourth-order valence-corrected chi connectivity index (χ4v) is 4.07. The van der Waals surface area contributed by atoms with Gasteiger partial charge in [-0.25, -0.2) is 4.98 Å². The fraction of sp³-hybridized carbons (Fsp3) is 0.150. The predicted molar refractivity (Wildman–Crippen MR) is 104 cm³/mol. The quantitative estimate of drug-likeness (QED) is 0.759. The van der Waals surface area contributed by atoms with Crippen molar-refractivity contribution in [1.29, 1.82) is 0 Å². The predicted octanol–water partition coefficient (Wildman–Crippen LogP) is 4.20. The Labute approximate surface area is 155 Å². The number of anilines is 1. The molecular formula is C20H17N3O2S. The monoisotopic (exact) mass is 363 g/mol. The summed E-state index contributed by atoms with van der Waals surface area (Å²) in [6, 6.07) is 15.3. The van der Waals surface area contributed by atoms with Crippen molar-refractivity contribution in [2.45, 2.75) is 19.4 Å². The summed E-state index contributed by atoms with van der Waals surface area (Å²) >= 11 is 1.44. The molecule has 0 aliphatic carbocycles. The molecule has 0 saturated heterocycles. The minimum absolute atomic E-state index is 0.0893. The van der Waals surface area contributed by atoms with E-state index in [0.29, 0.717) is 5.13 Å². The summed E-state index contributed by atoms with van der Waals surface area (Å²) < 4.78 is 1.03. The first-order chi connectivity index (χ1) is 12.6. The molecule has 0 unspecified atom stereocenters. The average molecular weight is 363 g/mol. The molecule has 1 aliphatic heterocycles. The molecule has 2 aromatic carbocycles. The van der Waals surface area contributed by atoms with E-state index in [4.69, 9.17) is 0 Å². The van der Waals surface area contributed by atoms with Crippen LogP contribution in [0.1, 0.15) is 30.5 Å². The Bertz CT molecular complexity index is 992.